The van der Waals surface area contributed by atoms with E-state index < -0.39 is 6.61 Å². The van der Waals surface area contributed by atoms with E-state index in [4.69, 9.17) is 5.73 Å². The van der Waals surface area contributed by atoms with E-state index in [-0.39, 0.29) is 17.8 Å². The minimum absolute atomic E-state index is 0.0523. The Morgan fingerprint density at radius 1 is 1.41 bits per heavy atom. The summed E-state index contributed by atoms with van der Waals surface area (Å²) < 4.78 is 28.7. The highest BCUT2D eigenvalue weighted by molar-refractivity contribution is 5.93. The summed E-state index contributed by atoms with van der Waals surface area (Å²) in [5.74, 6) is 0.272. The molecule has 4 nitrogen and oxygen atoms in total. The summed E-state index contributed by atoms with van der Waals surface area (Å²) in [6.45, 7) is -2.86. The lowest BCUT2D eigenvalue weighted by molar-refractivity contribution is -0.0493. The van der Waals surface area contributed by atoms with Gasteiger partial charge >= 0.3 is 6.61 Å². The zero-order valence-corrected chi connectivity index (χ0v) is 9.07. The van der Waals surface area contributed by atoms with Crippen molar-refractivity contribution < 1.29 is 13.5 Å². The molecule has 1 saturated carbocycles. The van der Waals surface area contributed by atoms with Gasteiger partial charge in [-0.1, -0.05) is 12.1 Å². The minimum Gasteiger partial charge on any atom is -0.433 e. The average molecular weight is 241 g/mol. The van der Waals surface area contributed by atoms with Crippen molar-refractivity contribution in [2.45, 2.75) is 25.5 Å². The molecule has 0 radical (unpaired) electrons. The molecule has 1 aromatic carbocycles. The first-order valence-corrected chi connectivity index (χ1v) is 5.29. The molecule has 1 fully saturated rings. The maximum atomic E-state index is 12.1. The second-order valence-corrected chi connectivity index (χ2v) is 3.75. The van der Waals surface area contributed by atoms with Crippen molar-refractivity contribution in [2.75, 3.05) is 5.32 Å². The van der Waals surface area contributed by atoms with Crippen molar-refractivity contribution in [1.82, 2.24) is 0 Å². The molecule has 0 saturated heterocycles. The number of nitrogens with two attached hydrogens (primary N) is 1. The van der Waals surface area contributed by atoms with Gasteiger partial charge in [0.15, 0.2) is 5.96 Å². The van der Waals surface area contributed by atoms with Gasteiger partial charge in [0.1, 0.15) is 5.75 Å². The molecule has 92 valence electrons. The molecule has 0 aromatic heterocycles. The third-order valence-electron chi connectivity index (χ3n) is 2.23. The molecule has 17 heavy (non-hydrogen) atoms. The Labute approximate surface area is 97.5 Å². The van der Waals surface area contributed by atoms with Crippen LogP contribution in [-0.2, 0) is 0 Å². The van der Waals surface area contributed by atoms with Crippen LogP contribution >= 0.6 is 0 Å². The number of nitrogens with one attached hydrogen (secondary N) is 1. The number of para-hydroxylation sites is 2. The predicted octanol–water partition coefficient (Wildman–Crippen LogP) is 2.18. The molecule has 0 aliphatic heterocycles. The molecule has 0 bridgehead atoms. The van der Waals surface area contributed by atoms with Gasteiger partial charge in [0.2, 0.25) is 0 Å². The number of nitrogens with zero attached hydrogens (tertiary/aromatic N) is 1. The summed E-state index contributed by atoms with van der Waals surface area (Å²) in [6.07, 6.45) is 2.05. The number of halogens is 2. The van der Waals surface area contributed by atoms with E-state index in [9.17, 15) is 8.78 Å². The molecule has 0 unspecified atom stereocenters. The lowest BCUT2D eigenvalue weighted by Gasteiger charge is -2.11. The number of anilines is 1. The highest BCUT2D eigenvalue weighted by Gasteiger charge is 2.20. The number of alkyl halides is 2. The fraction of sp³-hybridized carbons (Fsp3) is 0.364. The number of guanidine groups is 1. The summed E-state index contributed by atoms with van der Waals surface area (Å²) in [6, 6.07) is 6.62. The summed E-state index contributed by atoms with van der Waals surface area (Å²) >= 11 is 0. The van der Waals surface area contributed by atoms with Crippen LogP contribution in [0, 0.1) is 0 Å². The molecule has 6 heteroatoms. The van der Waals surface area contributed by atoms with E-state index in [0.717, 1.165) is 12.8 Å². The van der Waals surface area contributed by atoms with Crippen molar-refractivity contribution in [2.24, 2.45) is 10.7 Å². The van der Waals surface area contributed by atoms with Gasteiger partial charge in [-0.3, -0.25) is 0 Å². The molecule has 2 rings (SSSR count). The quantitative estimate of drug-likeness (QED) is 0.627. The molecule has 3 N–H and O–H groups in total. The molecule has 1 aromatic rings. The van der Waals surface area contributed by atoms with E-state index in [1.165, 1.54) is 6.07 Å². The van der Waals surface area contributed by atoms with Gasteiger partial charge < -0.3 is 15.8 Å². The predicted molar refractivity (Wildman–Crippen MR) is 61.3 cm³/mol. The zero-order valence-electron chi connectivity index (χ0n) is 9.07. The smallest absolute Gasteiger partial charge is 0.387 e. The van der Waals surface area contributed by atoms with Gasteiger partial charge in [0, 0.05) is 0 Å². The van der Waals surface area contributed by atoms with Crippen molar-refractivity contribution in [1.29, 1.82) is 0 Å². The van der Waals surface area contributed by atoms with Crippen LogP contribution in [0.25, 0.3) is 0 Å². The number of rotatable bonds is 4. The monoisotopic (exact) mass is 241 g/mol. The van der Waals surface area contributed by atoms with Gasteiger partial charge in [0.25, 0.3) is 0 Å². The van der Waals surface area contributed by atoms with Crippen LogP contribution in [0.2, 0.25) is 0 Å². The van der Waals surface area contributed by atoms with Crippen LogP contribution in [0.15, 0.2) is 29.3 Å². The Morgan fingerprint density at radius 2 is 2.12 bits per heavy atom. The third kappa shape index (κ3) is 3.58. The van der Waals surface area contributed by atoms with E-state index in [0.29, 0.717) is 5.69 Å². The van der Waals surface area contributed by atoms with Crippen LogP contribution in [0.1, 0.15) is 12.8 Å². The Balaban J connectivity index is 2.08. The van der Waals surface area contributed by atoms with Crippen molar-refractivity contribution >= 4 is 11.6 Å². The maximum Gasteiger partial charge on any atom is 0.387 e. The lowest BCUT2D eigenvalue weighted by atomic mass is 10.3. The molecule has 0 amide bonds. The van der Waals surface area contributed by atoms with Crippen LogP contribution < -0.4 is 15.8 Å². The number of ether oxygens (including phenoxy) is 1. The Morgan fingerprint density at radius 3 is 2.76 bits per heavy atom. The summed E-state index contributed by atoms with van der Waals surface area (Å²) in [4.78, 5) is 4.14. The van der Waals surface area contributed by atoms with Gasteiger partial charge in [0.05, 0.1) is 11.7 Å². The van der Waals surface area contributed by atoms with Gasteiger partial charge in [-0.05, 0) is 25.0 Å². The third-order valence-corrected chi connectivity index (χ3v) is 2.23. The number of benzene rings is 1. The largest absolute Gasteiger partial charge is 0.433 e. The molecule has 0 atom stereocenters. The minimum atomic E-state index is -2.86. The van der Waals surface area contributed by atoms with Crippen molar-refractivity contribution in [3.8, 4) is 5.75 Å². The summed E-state index contributed by atoms with van der Waals surface area (Å²) in [7, 11) is 0. The fourth-order valence-corrected chi connectivity index (χ4v) is 1.34. The van der Waals surface area contributed by atoms with Crippen LogP contribution in [-0.4, -0.2) is 18.6 Å². The number of hydrogen-bond acceptors (Lipinski definition) is 2. The highest BCUT2D eigenvalue weighted by atomic mass is 19.3. The molecule has 1 aliphatic rings. The second kappa shape index (κ2) is 4.99. The molecule has 0 spiro atoms. The van der Waals surface area contributed by atoms with E-state index in [2.05, 4.69) is 15.0 Å². The van der Waals surface area contributed by atoms with Crippen LogP contribution in [0.3, 0.4) is 0 Å². The Hall–Kier alpha value is -1.85. The van der Waals surface area contributed by atoms with E-state index in [1.54, 1.807) is 18.2 Å². The molecule has 0 heterocycles. The summed E-state index contributed by atoms with van der Waals surface area (Å²) in [5.41, 5.74) is 6.03. The SMILES string of the molecule is NC(=NC1CC1)Nc1ccccc1OC(F)F. The van der Waals surface area contributed by atoms with Gasteiger partial charge in [-0.2, -0.15) is 8.78 Å². The van der Waals surface area contributed by atoms with Crippen molar-refractivity contribution in [3.63, 3.8) is 0 Å². The first-order valence-electron chi connectivity index (χ1n) is 5.29. The first kappa shape index (κ1) is 11.6. The second-order valence-electron chi connectivity index (χ2n) is 3.75. The van der Waals surface area contributed by atoms with E-state index in [1.807, 2.05) is 0 Å². The number of aliphatic imine (C=N–C) groups is 1. The van der Waals surface area contributed by atoms with Crippen LogP contribution in [0.5, 0.6) is 5.75 Å². The van der Waals surface area contributed by atoms with Gasteiger partial charge in [-0.15, -0.1) is 0 Å². The molecular formula is C11H13F2N3O. The summed E-state index contributed by atoms with van der Waals surface area (Å²) in [5, 5.41) is 2.76. The normalized spacial score (nSPS) is 16.1. The fourth-order valence-electron chi connectivity index (χ4n) is 1.34. The van der Waals surface area contributed by atoms with E-state index >= 15 is 0 Å². The molecular weight excluding hydrogens is 228 g/mol. The van der Waals surface area contributed by atoms with Gasteiger partial charge in [-0.25, -0.2) is 4.99 Å². The first-order chi connectivity index (χ1) is 8.15. The molecule has 1 aliphatic carbocycles. The van der Waals surface area contributed by atoms with Crippen molar-refractivity contribution in [3.05, 3.63) is 24.3 Å². The highest BCUT2D eigenvalue weighted by Crippen LogP contribution is 2.26. The van der Waals surface area contributed by atoms with Crippen LogP contribution in [0.4, 0.5) is 14.5 Å². The zero-order chi connectivity index (χ0) is 12.3. The lowest BCUT2D eigenvalue weighted by Crippen LogP contribution is -2.23. The number of hydrogen-bond donors (Lipinski definition) is 2. The Kier molecular flexibility index (Phi) is 3.41. The maximum absolute atomic E-state index is 12.1. The topological polar surface area (TPSA) is 59.6 Å². The Bertz CT molecular complexity index is 419. The average Bonchev–Trinajstić information content (AvgIpc) is 3.04. The standard InChI is InChI=1S/C11H13F2N3O/c12-10(13)17-9-4-2-1-3-8(9)16-11(14)15-7-5-6-7/h1-4,7,10H,5-6H2,(H3,14,15,16).